The van der Waals surface area contributed by atoms with E-state index in [1.165, 1.54) is 27.8 Å². The lowest BCUT2D eigenvalue weighted by Gasteiger charge is -2.08. The topological polar surface area (TPSA) is 24.7 Å². The molecule has 2 nitrogen and oxygen atoms in total. The smallest absolute Gasteiger partial charge is 0.154 e. The second-order valence-electron chi connectivity index (χ2n) is 5.95. The average molecular weight is 310 g/mol. The number of hydrogen-bond acceptors (Lipinski definition) is 1. The van der Waals surface area contributed by atoms with Crippen LogP contribution in [0, 0.1) is 0 Å². The van der Waals surface area contributed by atoms with Crippen LogP contribution < -0.4 is 0 Å². The van der Waals surface area contributed by atoms with Gasteiger partial charge in [-0.2, -0.15) is 0 Å². The summed E-state index contributed by atoms with van der Waals surface area (Å²) in [5.41, 5.74) is 7.55. The van der Waals surface area contributed by atoms with E-state index in [2.05, 4.69) is 66.3 Å². The first-order valence-corrected chi connectivity index (χ1v) is 8.12. The number of fused-ring (bicyclic) bond motifs is 3. The van der Waals surface area contributed by atoms with E-state index in [1.807, 2.05) is 18.2 Å². The SMILES string of the molecule is C=NC(=NCc1ccccc1)c1cccc2c1Cc1ccccc1-2. The van der Waals surface area contributed by atoms with Gasteiger partial charge >= 0.3 is 0 Å². The van der Waals surface area contributed by atoms with Gasteiger partial charge in [0.05, 0.1) is 6.54 Å². The maximum absolute atomic E-state index is 4.71. The largest absolute Gasteiger partial charge is 0.261 e. The molecule has 0 fully saturated rings. The van der Waals surface area contributed by atoms with Crippen LogP contribution >= 0.6 is 0 Å². The van der Waals surface area contributed by atoms with Crippen LogP contribution in [0.1, 0.15) is 22.3 Å². The molecule has 4 rings (SSSR count). The lowest BCUT2D eigenvalue weighted by Crippen LogP contribution is -2.02. The second-order valence-corrected chi connectivity index (χ2v) is 5.95. The van der Waals surface area contributed by atoms with Crippen molar-refractivity contribution in [2.24, 2.45) is 9.98 Å². The second kappa shape index (κ2) is 6.25. The molecule has 0 bridgehead atoms. The standard InChI is InChI=1S/C22H18N2/c1-23-22(24-15-16-8-3-2-4-9-16)20-13-7-12-19-18-11-6-5-10-17(18)14-21(19)20/h2-13H,1,14-15H2. The Labute approximate surface area is 142 Å². The van der Waals surface area contributed by atoms with E-state index < -0.39 is 0 Å². The fourth-order valence-electron chi connectivity index (χ4n) is 3.34. The molecule has 0 spiro atoms. The number of amidine groups is 1. The lowest BCUT2D eigenvalue weighted by atomic mass is 10.0. The lowest BCUT2D eigenvalue weighted by molar-refractivity contribution is 1.06. The maximum Gasteiger partial charge on any atom is 0.154 e. The van der Waals surface area contributed by atoms with Crippen LogP contribution in [-0.2, 0) is 13.0 Å². The third kappa shape index (κ3) is 2.56. The Morgan fingerprint density at radius 1 is 0.833 bits per heavy atom. The molecule has 0 aliphatic heterocycles. The summed E-state index contributed by atoms with van der Waals surface area (Å²) >= 11 is 0. The highest BCUT2D eigenvalue weighted by molar-refractivity contribution is 6.04. The number of benzene rings is 3. The normalized spacial score (nSPS) is 12.6. The molecule has 0 saturated heterocycles. The third-order valence-corrected chi connectivity index (χ3v) is 4.50. The first-order valence-electron chi connectivity index (χ1n) is 8.12. The van der Waals surface area contributed by atoms with E-state index in [1.54, 1.807) is 0 Å². The molecule has 0 saturated carbocycles. The van der Waals surface area contributed by atoms with Gasteiger partial charge < -0.3 is 0 Å². The number of aliphatic imine (C=N–C) groups is 2. The number of rotatable bonds is 3. The van der Waals surface area contributed by atoms with Gasteiger partial charge in [0.25, 0.3) is 0 Å². The molecule has 0 atom stereocenters. The summed E-state index contributed by atoms with van der Waals surface area (Å²) in [5, 5.41) is 0. The van der Waals surface area contributed by atoms with Crippen molar-refractivity contribution in [2.45, 2.75) is 13.0 Å². The molecule has 0 amide bonds. The highest BCUT2D eigenvalue weighted by Crippen LogP contribution is 2.38. The van der Waals surface area contributed by atoms with Crippen LogP contribution in [0.2, 0.25) is 0 Å². The Morgan fingerprint density at radius 2 is 1.58 bits per heavy atom. The first-order chi connectivity index (χ1) is 11.9. The van der Waals surface area contributed by atoms with E-state index >= 15 is 0 Å². The van der Waals surface area contributed by atoms with Crippen LogP contribution in [0.3, 0.4) is 0 Å². The summed E-state index contributed by atoms with van der Waals surface area (Å²) in [6, 6.07) is 25.2. The summed E-state index contributed by atoms with van der Waals surface area (Å²) in [4.78, 5) is 8.92. The van der Waals surface area contributed by atoms with Gasteiger partial charge in [-0.15, -0.1) is 0 Å². The fraction of sp³-hybridized carbons (Fsp3) is 0.0909. The number of nitrogens with zero attached hydrogens (tertiary/aromatic N) is 2. The Morgan fingerprint density at radius 3 is 2.42 bits per heavy atom. The van der Waals surface area contributed by atoms with Gasteiger partial charge in [0.2, 0.25) is 0 Å². The molecule has 0 aromatic heterocycles. The van der Waals surface area contributed by atoms with Crippen molar-refractivity contribution >= 4 is 12.6 Å². The van der Waals surface area contributed by atoms with Gasteiger partial charge in [-0.05, 0) is 41.0 Å². The number of hydrogen-bond donors (Lipinski definition) is 0. The molecule has 3 aromatic rings. The molecule has 0 heterocycles. The van der Waals surface area contributed by atoms with E-state index in [0.29, 0.717) is 6.54 Å². The van der Waals surface area contributed by atoms with Crippen molar-refractivity contribution in [3.8, 4) is 11.1 Å². The Hall–Kier alpha value is -3.00. The van der Waals surface area contributed by atoms with Crippen molar-refractivity contribution in [1.29, 1.82) is 0 Å². The van der Waals surface area contributed by atoms with Crippen molar-refractivity contribution in [2.75, 3.05) is 0 Å². The van der Waals surface area contributed by atoms with E-state index in [9.17, 15) is 0 Å². The van der Waals surface area contributed by atoms with Crippen LogP contribution in [0.5, 0.6) is 0 Å². The van der Waals surface area contributed by atoms with Gasteiger partial charge in [0.15, 0.2) is 5.84 Å². The van der Waals surface area contributed by atoms with Crippen LogP contribution in [0.25, 0.3) is 11.1 Å². The molecule has 3 aromatic carbocycles. The van der Waals surface area contributed by atoms with E-state index in [-0.39, 0.29) is 0 Å². The van der Waals surface area contributed by atoms with Gasteiger partial charge in [-0.25, -0.2) is 4.99 Å². The minimum Gasteiger partial charge on any atom is -0.261 e. The molecule has 1 aliphatic carbocycles. The molecular weight excluding hydrogens is 292 g/mol. The quantitative estimate of drug-likeness (QED) is 0.379. The molecular formula is C22H18N2. The Balaban J connectivity index is 1.73. The minimum atomic E-state index is 0.617. The van der Waals surface area contributed by atoms with Crippen molar-refractivity contribution in [1.82, 2.24) is 0 Å². The molecule has 0 unspecified atom stereocenters. The van der Waals surface area contributed by atoms with Crippen LogP contribution in [0.4, 0.5) is 0 Å². The summed E-state index contributed by atoms with van der Waals surface area (Å²) in [7, 11) is 0. The van der Waals surface area contributed by atoms with Crippen molar-refractivity contribution < 1.29 is 0 Å². The molecule has 116 valence electrons. The summed E-state index contributed by atoms with van der Waals surface area (Å²) in [5.74, 6) is 0.725. The maximum atomic E-state index is 4.71. The zero-order chi connectivity index (χ0) is 16.4. The highest BCUT2D eigenvalue weighted by atomic mass is 14.9. The first kappa shape index (κ1) is 14.6. The van der Waals surface area contributed by atoms with Gasteiger partial charge in [0, 0.05) is 5.56 Å². The highest BCUT2D eigenvalue weighted by Gasteiger charge is 2.21. The zero-order valence-electron chi connectivity index (χ0n) is 13.4. The Kier molecular flexibility index (Phi) is 3.80. The van der Waals surface area contributed by atoms with Gasteiger partial charge in [-0.1, -0.05) is 72.8 Å². The molecule has 2 heteroatoms. The van der Waals surface area contributed by atoms with E-state index in [0.717, 1.165) is 17.8 Å². The van der Waals surface area contributed by atoms with E-state index in [4.69, 9.17) is 4.99 Å². The molecule has 0 radical (unpaired) electrons. The monoisotopic (exact) mass is 310 g/mol. The molecule has 1 aliphatic rings. The van der Waals surface area contributed by atoms with Crippen molar-refractivity contribution in [3.05, 3.63) is 95.1 Å². The summed E-state index contributed by atoms with van der Waals surface area (Å²) in [6.07, 6.45) is 0.932. The third-order valence-electron chi connectivity index (χ3n) is 4.50. The predicted octanol–water partition coefficient (Wildman–Crippen LogP) is 4.91. The summed E-state index contributed by atoms with van der Waals surface area (Å²) < 4.78 is 0. The average Bonchev–Trinajstić information content (AvgIpc) is 3.02. The fourth-order valence-corrected chi connectivity index (χ4v) is 3.34. The summed E-state index contributed by atoms with van der Waals surface area (Å²) in [6.45, 7) is 4.36. The van der Waals surface area contributed by atoms with Crippen LogP contribution in [0.15, 0.2) is 82.8 Å². The predicted molar refractivity (Wildman–Crippen MR) is 101 cm³/mol. The van der Waals surface area contributed by atoms with Gasteiger partial charge in [-0.3, -0.25) is 4.99 Å². The molecule has 0 N–H and O–H groups in total. The minimum absolute atomic E-state index is 0.617. The Bertz CT molecular complexity index is 924. The van der Waals surface area contributed by atoms with Gasteiger partial charge in [0.1, 0.15) is 0 Å². The zero-order valence-corrected chi connectivity index (χ0v) is 13.4. The van der Waals surface area contributed by atoms with Crippen LogP contribution in [-0.4, -0.2) is 12.6 Å². The molecule has 24 heavy (non-hydrogen) atoms. The van der Waals surface area contributed by atoms with Crippen molar-refractivity contribution in [3.63, 3.8) is 0 Å².